The molecule has 0 unspecified atom stereocenters. The van der Waals surface area contributed by atoms with E-state index in [1.54, 1.807) is 24.3 Å². The van der Waals surface area contributed by atoms with E-state index in [0.717, 1.165) is 51.0 Å². The minimum absolute atomic E-state index is 0.131. The van der Waals surface area contributed by atoms with E-state index < -0.39 is 0 Å². The van der Waals surface area contributed by atoms with Crippen LogP contribution in [0.3, 0.4) is 0 Å². The fourth-order valence-corrected chi connectivity index (χ4v) is 5.00. The Morgan fingerprint density at radius 2 is 1.80 bits per heavy atom. The second kappa shape index (κ2) is 9.90. The molecule has 0 radical (unpaired) electrons. The molecule has 1 aliphatic carbocycles. The van der Waals surface area contributed by atoms with Crippen LogP contribution in [0.1, 0.15) is 54.6 Å². The molecule has 0 spiro atoms. The molecule has 0 bridgehead atoms. The molecule has 1 saturated heterocycles. The standard InChI is InChI=1S/C22H27ClN4O2S/c23-17-7-5-15(6-8-17)21(29)26-22-25-19(14-30-22)13-27-11-9-16(10-12-27)20(28)24-18-3-1-2-4-18/h5-8,14,16,18H,1-4,9-13H2,(H,24,28)(H,25,26,29). The van der Waals surface area contributed by atoms with Crippen LogP contribution in [0.15, 0.2) is 29.6 Å². The number of carbonyl (C=O) groups is 2. The largest absolute Gasteiger partial charge is 0.353 e. The molecule has 2 N–H and O–H groups in total. The van der Waals surface area contributed by atoms with Crippen molar-refractivity contribution in [3.63, 3.8) is 0 Å². The molecule has 1 aliphatic heterocycles. The zero-order valence-electron chi connectivity index (χ0n) is 16.9. The van der Waals surface area contributed by atoms with Crippen molar-refractivity contribution in [3.8, 4) is 0 Å². The van der Waals surface area contributed by atoms with Crippen LogP contribution >= 0.6 is 22.9 Å². The zero-order chi connectivity index (χ0) is 20.9. The third-order valence-corrected chi connectivity index (χ3v) is 6.98. The van der Waals surface area contributed by atoms with E-state index in [9.17, 15) is 9.59 Å². The van der Waals surface area contributed by atoms with E-state index in [4.69, 9.17) is 11.6 Å². The first-order valence-corrected chi connectivity index (χ1v) is 11.9. The number of anilines is 1. The van der Waals surface area contributed by atoms with Gasteiger partial charge in [0.05, 0.1) is 5.69 Å². The lowest BCUT2D eigenvalue weighted by Gasteiger charge is -2.31. The third kappa shape index (κ3) is 5.59. The number of rotatable bonds is 6. The molecular formula is C22H27ClN4O2S. The van der Waals surface area contributed by atoms with Crippen LogP contribution in [0.5, 0.6) is 0 Å². The van der Waals surface area contributed by atoms with Crippen molar-refractivity contribution >= 4 is 39.9 Å². The van der Waals surface area contributed by atoms with Gasteiger partial charge in [-0.3, -0.25) is 19.8 Å². The summed E-state index contributed by atoms with van der Waals surface area (Å²) in [6, 6.07) is 7.17. The molecule has 2 heterocycles. The summed E-state index contributed by atoms with van der Waals surface area (Å²) >= 11 is 7.30. The van der Waals surface area contributed by atoms with Gasteiger partial charge >= 0.3 is 0 Å². The highest BCUT2D eigenvalue weighted by Gasteiger charge is 2.27. The minimum Gasteiger partial charge on any atom is -0.353 e. The van der Waals surface area contributed by atoms with E-state index in [2.05, 4.69) is 20.5 Å². The van der Waals surface area contributed by atoms with Crippen molar-refractivity contribution in [1.29, 1.82) is 0 Å². The summed E-state index contributed by atoms with van der Waals surface area (Å²) in [4.78, 5) is 31.7. The Balaban J connectivity index is 1.23. The zero-order valence-corrected chi connectivity index (χ0v) is 18.5. The molecule has 2 amide bonds. The summed E-state index contributed by atoms with van der Waals surface area (Å²) in [6.07, 6.45) is 6.51. The van der Waals surface area contributed by atoms with Crippen LogP contribution in [-0.4, -0.2) is 40.8 Å². The second-order valence-corrected chi connectivity index (χ2v) is 9.44. The molecule has 2 aliphatic rings. The highest BCUT2D eigenvalue weighted by Crippen LogP contribution is 2.24. The second-order valence-electron chi connectivity index (χ2n) is 8.15. The van der Waals surface area contributed by atoms with Gasteiger partial charge in [-0.1, -0.05) is 24.4 Å². The SMILES string of the molecule is O=C(Nc1nc(CN2CCC(C(=O)NC3CCCC3)CC2)cs1)c1ccc(Cl)cc1. The Labute approximate surface area is 186 Å². The first kappa shape index (κ1) is 21.3. The molecule has 6 nitrogen and oxygen atoms in total. The first-order chi connectivity index (χ1) is 14.6. The molecule has 1 aromatic carbocycles. The van der Waals surface area contributed by atoms with E-state index in [1.165, 1.54) is 24.2 Å². The van der Waals surface area contributed by atoms with Crippen molar-refractivity contribution < 1.29 is 9.59 Å². The molecule has 4 rings (SSSR count). The van der Waals surface area contributed by atoms with Gasteiger partial charge < -0.3 is 5.32 Å². The normalized spacial score (nSPS) is 18.4. The summed E-state index contributed by atoms with van der Waals surface area (Å²) in [5, 5.41) is 9.26. The molecule has 160 valence electrons. The number of hydrogen-bond donors (Lipinski definition) is 2. The average molecular weight is 447 g/mol. The number of piperidine rings is 1. The lowest BCUT2D eigenvalue weighted by molar-refractivity contribution is -0.127. The predicted molar refractivity (Wildman–Crippen MR) is 120 cm³/mol. The van der Waals surface area contributed by atoms with Gasteiger partial charge in [-0.15, -0.1) is 11.3 Å². The first-order valence-electron chi connectivity index (χ1n) is 10.6. The number of halogens is 1. The van der Waals surface area contributed by atoms with E-state index in [-0.39, 0.29) is 17.7 Å². The van der Waals surface area contributed by atoms with E-state index in [1.807, 2.05) is 5.38 Å². The van der Waals surface area contributed by atoms with Crippen LogP contribution in [0, 0.1) is 5.92 Å². The van der Waals surface area contributed by atoms with Crippen LogP contribution in [0.25, 0.3) is 0 Å². The smallest absolute Gasteiger partial charge is 0.257 e. The van der Waals surface area contributed by atoms with E-state index in [0.29, 0.717) is 21.8 Å². The van der Waals surface area contributed by atoms with Crippen molar-refractivity contribution in [2.45, 2.75) is 51.1 Å². The Kier molecular flexibility index (Phi) is 7.02. The van der Waals surface area contributed by atoms with Crippen molar-refractivity contribution in [1.82, 2.24) is 15.2 Å². The van der Waals surface area contributed by atoms with Crippen LogP contribution in [0.2, 0.25) is 5.02 Å². The van der Waals surface area contributed by atoms with Crippen LogP contribution in [-0.2, 0) is 11.3 Å². The number of nitrogens with zero attached hydrogens (tertiary/aromatic N) is 2. The Morgan fingerprint density at radius 1 is 1.10 bits per heavy atom. The Bertz CT molecular complexity index is 872. The van der Waals surface area contributed by atoms with Gasteiger partial charge in [-0.2, -0.15) is 0 Å². The summed E-state index contributed by atoms with van der Waals surface area (Å²) in [5.41, 5.74) is 1.49. The van der Waals surface area contributed by atoms with Gasteiger partial charge in [0.15, 0.2) is 5.13 Å². The lowest BCUT2D eigenvalue weighted by atomic mass is 9.95. The van der Waals surface area contributed by atoms with Gasteiger partial charge in [-0.05, 0) is 63.0 Å². The number of likely N-dealkylation sites (tertiary alicyclic amines) is 1. The molecule has 1 saturated carbocycles. The quantitative estimate of drug-likeness (QED) is 0.693. The Morgan fingerprint density at radius 3 is 2.50 bits per heavy atom. The molecule has 1 aromatic heterocycles. The Hall–Kier alpha value is -1.96. The molecule has 2 fully saturated rings. The third-order valence-electron chi connectivity index (χ3n) is 5.92. The maximum absolute atomic E-state index is 12.5. The number of thiazole rings is 1. The van der Waals surface area contributed by atoms with Gasteiger partial charge in [0.2, 0.25) is 5.91 Å². The fraction of sp³-hybridized carbons (Fsp3) is 0.500. The minimum atomic E-state index is -0.193. The van der Waals surface area contributed by atoms with E-state index >= 15 is 0 Å². The predicted octanol–water partition coefficient (Wildman–Crippen LogP) is 4.32. The number of carbonyl (C=O) groups excluding carboxylic acids is 2. The van der Waals surface area contributed by atoms with Gasteiger partial charge in [-0.25, -0.2) is 4.98 Å². The highest BCUT2D eigenvalue weighted by molar-refractivity contribution is 7.14. The number of hydrogen-bond acceptors (Lipinski definition) is 5. The summed E-state index contributed by atoms with van der Waals surface area (Å²) in [5.74, 6) is 0.176. The lowest BCUT2D eigenvalue weighted by Crippen LogP contribution is -2.43. The summed E-state index contributed by atoms with van der Waals surface area (Å²) in [6.45, 7) is 2.53. The average Bonchev–Trinajstić information content (AvgIpc) is 3.41. The highest BCUT2D eigenvalue weighted by atomic mass is 35.5. The van der Waals surface area contributed by atoms with Gasteiger partial charge in [0, 0.05) is 34.5 Å². The van der Waals surface area contributed by atoms with Crippen molar-refractivity contribution in [2.75, 3.05) is 18.4 Å². The van der Waals surface area contributed by atoms with Gasteiger partial charge in [0.1, 0.15) is 0 Å². The fourth-order valence-electron chi connectivity index (χ4n) is 4.18. The number of aromatic nitrogens is 1. The molecule has 30 heavy (non-hydrogen) atoms. The maximum Gasteiger partial charge on any atom is 0.257 e. The van der Waals surface area contributed by atoms with Crippen LogP contribution < -0.4 is 10.6 Å². The number of nitrogens with one attached hydrogen (secondary N) is 2. The summed E-state index contributed by atoms with van der Waals surface area (Å²) < 4.78 is 0. The molecule has 0 atom stereocenters. The maximum atomic E-state index is 12.5. The number of benzene rings is 1. The molecule has 8 heteroatoms. The van der Waals surface area contributed by atoms with Gasteiger partial charge in [0.25, 0.3) is 5.91 Å². The topological polar surface area (TPSA) is 74.3 Å². The molecule has 2 aromatic rings. The van der Waals surface area contributed by atoms with Crippen LogP contribution in [0.4, 0.5) is 5.13 Å². The molecular weight excluding hydrogens is 420 g/mol. The van der Waals surface area contributed by atoms with Crippen molar-refractivity contribution in [2.24, 2.45) is 5.92 Å². The van der Waals surface area contributed by atoms with Crippen molar-refractivity contribution in [3.05, 3.63) is 45.9 Å². The summed E-state index contributed by atoms with van der Waals surface area (Å²) in [7, 11) is 0. The number of amides is 2. The monoisotopic (exact) mass is 446 g/mol.